The van der Waals surface area contributed by atoms with Crippen molar-refractivity contribution < 1.29 is 14.4 Å². The van der Waals surface area contributed by atoms with Gasteiger partial charge >= 0.3 is 0 Å². The number of amides is 3. The molecule has 286 valence electrons. The molecule has 1 spiro atoms. The number of nitrogens with one attached hydrogen (secondary N) is 2. The van der Waals surface area contributed by atoms with Crippen molar-refractivity contribution in [2.45, 2.75) is 108 Å². The minimum Gasteiger partial charge on any atom is -0.355 e. The number of aryl methyl sites for hydroxylation is 1. The summed E-state index contributed by atoms with van der Waals surface area (Å²) in [5, 5.41) is 6.33. The number of rotatable bonds is 8. The van der Waals surface area contributed by atoms with Gasteiger partial charge in [0.2, 0.25) is 11.8 Å². The van der Waals surface area contributed by atoms with Gasteiger partial charge in [-0.2, -0.15) is 0 Å². The highest BCUT2D eigenvalue weighted by atomic mass is 16.2. The minimum atomic E-state index is -0.619. The third-order valence-corrected chi connectivity index (χ3v) is 13.9. The number of hydrogen-bond acceptors (Lipinski definition) is 7. The second kappa shape index (κ2) is 12.9. The molecular weight excluding hydrogens is 689 g/mol. The molecule has 0 unspecified atom stereocenters. The molecule has 2 N–H and O–H groups in total. The molecule has 3 amide bonds. The fourth-order valence-electron chi connectivity index (χ4n) is 9.96. The Kier molecular flexibility index (Phi) is 8.14. The van der Waals surface area contributed by atoms with E-state index in [0.717, 1.165) is 96.4 Å². The summed E-state index contributed by atoms with van der Waals surface area (Å²) >= 11 is 0. The van der Waals surface area contributed by atoms with Gasteiger partial charge in [-0.3, -0.25) is 14.4 Å². The average Bonchev–Trinajstić information content (AvgIpc) is 4.12. The Hall–Kier alpha value is -4.77. The van der Waals surface area contributed by atoms with Gasteiger partial charge in [0.05, 0.1) is 23.0 Å². The zero-order valence-electron chi connectivity index (χ0n) is 32.4. The summed E-state index contributed by atoms with van der Waals surface area (Å²) in [5.41, 5.74) is 7.10. The van der Waals surface area contributed by atoms with E-state index >= 15 is 0 Å². The van der Waals surface area contributed by atoms with Crippen molar-refractivity contribution in [1.82, 2.24) is 29.7 Å². The maximum Gasteiger partial charge on any atom is 0.251 e. The highest BCUT2D eigenvalue weighted by Gasteiger charge is 2.57. The molecule has 10 rings (SSSR count). The molecule has 5 fully saturated rings. The number of carbonyl (C=O) groups is 3. The SMILES string of the molecule is CNC(=O)c1cc(Nc2nc(-c3ccc4c(c3)N(C3CC(N5CCCCC5)C3)C(=O)C43CCN(C(=O)C4(C)CC4)CC3)cc3ncn(C4CC4)c23)ccc1C. The zero-order valence-corrected chi connectivity index (χ0v) is 32.4. The van der Waals surface area contributed by atoms with Gasteiger partial charge in [-0.1, -0.05) is 31.5 Å². The van der Waals surface area contributed by atoms with Crippen molar-refractivity contribution in [2.75, 3.05) is 43.4 Å². The monoisotopic (exact) mass is 740 g/mol. The standard InChI is InChI=1S/C44H52N8O3/c1-27-7-9-29(22-33(27)40(53)45-3)47-39-38-36(46-26-51(38)30-10-11-30)25-35(48-39)28-8-12-34-37(21-28)52(32-23-31(24-32)49-17-5-4-6-18-49)42(55)44(34)15-19-50(20-16-44)41(54)43(2)13-14-43/h7-9,12,21-22,25-26,30-32H,4-6,10-11,13-20,23-24H2,1-3H3,(H,45,53)(H,47,48). The summed E-state index contributed by atoms with van der Waals surface area (Å²) in [6, 6.07) is 15.5. The van der Waals surface area contributed by atoms with Gasteiger partial charge in [-0.05, 0) is 120 Å². The van der Waals surface area contributed by atoms with Gasteiger partial charge < -0.3 is 29.9 Å². The molecule has 4 aromatic rings. The van der Waals surface area contributed by atoms with Crippen molar-refractivity contribution in [1.29, 1.82) is 0 Å². The van der Waals surface area contributed by atoms with Gasteiger partial charge in [0, 0.05) is 66.2 Å². The summed E-state index contributed by atoms with van der Waals surface area (Å²) in [5.74, 6) is 1.04. The van der Waals surface area contributed by atoms with E-state index in [4.69, 9.17) is 9.97 Å². The molecule has 3 saturated carbocycles. The average molecular weight is 741 g/mol. The highest BCUT2D eigenvalue weighted by molar-refractivity contribution is 6.09. The van der Waals surface area contributed by atoms with Crippen LogP contribution in [0.25, 0.3) is 22.3 Å². The summed E-state index contributed by atoms with van der Waals surface area (Å²) in [6.07, 6.45) is 13.2. The van der Waals surface area contributed by atoms with Crippen LogP contribution in [0.5, 0.6) is 0 Å². The quantitative estimate of drug-likeness (QED) is 0.203. The fraction of sp³-hybridized carbons (Fsp3) is 0.523. The normalized spacial score (nSPS) is 24.2. The van der Waals surface area contributed by atoms with Crippen LogP contribution < -0.4 is 15.5 Å². The van der Waals surface area contributed by atoms with Crippen molar-refractivity contribution in [3.8, 4) is 11.3 Å². The van der Waals surface area contributed by atoms with E-state index in [2.05, 4.69) is 56.2 Å². The van der Waals surface area contributed by atoms with E-state index in [0.29, 0.717) is 49.4 Å². The minimum absolute atomic E-state index is 0.130. The van der Waals surface area contributed by atoms with E-state index in [9.17, 15) is 14.4 Å². The lowest BCUT2D eigenvalue weighted by Crippen LogP contribution is -2.58. The Morgan fingerprint density at radius 2 is 1.64 bits per heavy atom. The van der Waals surface area contributed by atoms with Crippen molar-refractivity contribution in [3.05, 3.63) is 65.5 Å². The Labute approximate surface area is 322 Å². The Balaban J connectivity index is 1.02. The first-order chi connectivity index (χ1) is 26.7. The number of hydrogen-bond donors (Lipinski definition) is 2. The molecular formula is C44H52N8O3. The number of anilines is 3. The number of benzene rings is 2. The smallest absolute Gasteiger partial charge is 0.251 e. The topological polar surface area (TPSA) is 116 Å². The molecule has 0 radical (unpaired) electrons. The lowest BCUT2D eigenvalue weighted by Gasteiger charge is -2.48. The lowest BCUT2D eigenvalue weighted by atomic mass is 9.73. The number of piperidine rings is 2. The first-order valence-electron chi connectivity index (χ1n) is 20.7. The van der Waals surface area contributed by atoms with Crippen LogP contribution >= 0.6 is 0 Å². The molecule has 55 heavy (non-hydrogen) atoms. The van der Waals surface area contributed by atoms with Crippen LogP contribution in [0.15, 0.2) is 48.8 Å². The van der Waals surface area contributed by atoms with Crippen LogP contribution in [0, 0.1) is 12.3 Å². The van der Waals surface area contributed by atoms with Gasteiger partial charge in [0.1, 0.15) is 5.52 Å². The summed E-state index contributed by atoms with van der Waals surface area (Å²) in [4.78, 5) is 58.0. The molecule has 11 nitrogen and oxygen atoms in total. The number of aromatic nitrogens is 3. The molecule has 2 aromatic heterocycles. The van der Waals surface area contributed by atoms with Crippen molar-refractivity contribution >= 4 is 45.9 Å². The largest absolute Gasteiger partial charge is 0.355 e. The van der Waals surface area contributed by atoms with E-state index in [1.54, 1.807) is 7.05 Å². The maximum absolute atomic E-state index is 15.0. The van der Waals surface area contributed by atoms with Gasteiger partial charge in [0.25, 0.3) is 5.91 Å². The van der Waals surface area contributed by atoms with Crippen LogP contribution in [0.2, 0.25) is 0 Å². The molecule has 0 bridgehead atoms. The third kappa shape index (κ3) is 5.75. The van der Waals surface area contributed by atoms with E-state index < -0.39 is 5.41 Å². The van der Waals surface area contributed by atoms with E-state index in [-0.39, 0.29) is 29.2 Å². The molecule has 2 saturated heterocycles. The number of nitrogens with zero attached hydrogens (tertiary/aromatic N) is 6. The van der Waals surface area contributed by atoms with Crippen molar-refractivity contribution in [2.24, 2.45) is 5.41 Å². The Bertz CT molecular complexity index is 2220. The van der Waals surface area contributed by atoms with Gasteiger partial charge in [-0.15, -0.1) is 0 Å². The highest BCUT2D eigenvalue weighted by Crippen LogP contribution is 2.53. The Morgan fingerprint density at radius 3 is 2.35 bits per heavy atom. The summed E-state index contributed by atoms with van der Waals surface area (Å²) < 4.78 is 2.23. The number of fused-ring (bicyclic) bond motifs is 3. The zero-order chi connectivity index (χ0) is 37.6. The first kappa shape index (κ1) is 34.7. The van der Waals surface area contributed by atoms with Crippen LogP contribution in [-0.2, 0) is 15.0 Å². The fourth-order valence-corrected chi connectivity index (χ4v) is 9.96. The van der Waals surface area contributed by atoms with Crippen LogP contribution in [0.1, 0.15) is 105 Å². The lowest BCUT2D eigenvalue weighted by molar-refractivity contribution is -0.140. The number of carbonyl (C=O) groups excluding carboxylic acids is 3. The van der Waals surface area contributed by atoms with Gasteiger partial charge in [-0.25, -0.2) is 9.97 Å². The molecule has 2 aromatic carbocycles. The molecule has 6 aliphatic rings. The number of pyridine rings is 1. The second-order valence-corrected chi connectivity index (χ2v) is 17.6. The summed E-state index contributed by atoms with van der Waals surface area (Å²) in [7, 11) is 1.65. The van der Waals surface area contributed by atoms with Crippen LogP contribution in [0.4, 0.5) is 17.2 Å². The van der Waals surface area contributed by atoms with E-state index in [1.165, 1.54) is 19.3 Å². The molecule has 0 atom stereocenters. The van der Waals surface area contributed by atoms with Crippen LogP contribution in [0.3, 0.4) is 0 Å². The number of imidazole rings is 1. The number of likely N-dealkylation sites (tertiary alicyclic amines) is 2. The predicted octanol–water partition coefficient (Wildman–Crippen LogP) is 6.87. The predicted molar refractivity (Wildman–Crippen MR) is 214 cm³/mol. The molecule has 11 heteroatoms. The van der Waals surface area contributed by atoms with Crippen molar-refractivity contribution in [3.63, 3.8) is 0 Å². The van der Waals surface area contributed by atoms with E-state index in [1.807, 2.05) is 36.4 Å². The molecule has 3 aliphatic carbocycles. The third-order valence-electron chi connectivity index (χ3n) is 13.9. The molecule has 3 aliphatic heterocycles. The van der Waals surface area contributed by atoms with Gasteiger partial charge in [0.15, 0.2) is 5.82 Å². The summed E-state index contributed by atoms with van der Waals surface area (Å²) in [6.45, 7) is 7.58. The second-order valence-electron chi connectivity index (χ2n) is 17.6. The molecule has 5 heterocycles. The first-order valence-corrected chi connectivity index (χ1v) is 20.7. The van der Waals surface area contributed by atoms with Crippen LogP contribution in [-0.4, -0.2) is 87.4 Å². The maximum atomic E-state index is 15.0. The Morgan fingerprint density at radius 1 is 0.873 bits per heavy atom.